The van der Waals surface area contributed by atoms with Crippen LogP contribution in [0.2, 0.25) is 0 Å². The summed E-state index contributed by atoms with van der Waals surface area (Å²) in [5, 5.41) is 7.06. The second-order valence-electron chi connectivity index (χ2n) is 5.27. The van der Waals surface area contributed by atoms with E-state index in [1.807, 2.05) is 13.0 Å². The standard InChI is InChI=1S/C14H18N4O3/c1-9-10(5-7-20-9)8-18(2)14(19)12-16-13(21-17-12)11-4-3-6-15-11/h5,7,11,15H,3-4,6,8H2,1-2H3. The van der Waals surface area contributed by atoms with Crippen LogP contribution < -0.4 is 5.32 Å². The number of nitrogens with zero attached hydrogens (tertiary/aromatic N) is 3. The van der Waals surface area contributed by atoms with Gasteiger partial charge in [0.1, 0.15) is 5.76 Å². The molecule has 0 bridgehead atoms. The fourth-order valence-corrected chi connectivity index (χ4v) is 2.43. The fraction of sp³-hybridized carbons (Fsp3) is 0.500. The predicted octanol–water partition coefficient (Wildman–Crippen LogP) is 1.67. The minimum absolute atomic E-state index is 0.0699. The summed E-state index contributed by atoms with van der Waals surface area (Å²) in [6, 6.07) is 1.92. The Bertz CT molecular complexity index is 628. The van der Waals surface area contributed by atoms with E-state index in [4.69, 9.17) is 8.94 Å². The van der Waals surface area contributed by atoms with Gasteiger partial charge in [0.15, 0.2) is 0 Å². The summed E-state index contributed by atoms with van der Waals surface area (Å²) in [5.74, 6) is 1.13. The van der Waals surface area contributed by atoms with E-state index in [2.05, 4.69) is 15.5 Å². The molecule has 21 heavy (non-hydrogen) atoms. The molecule has 3 rings (SSSR count). The van der Waals surface area contributed by atoms with Crippen molar-refractivity contribution < 1.29 is 13.7 Å². The lowest BCUT2D eigenvalue weighted by molar-refractivity contribution is 0.0769. The van der Waals surface area contributed by atoms with Crippen LogP contribution in [0.1, 0.15) is 46.7 Å². The second kappa shape index (κ2) is 5.69. The van der Waals surface area contributed by atoms with E-state index in [-0.39, 0.29) is 17.8 Å². The van der Waals surface area contributed by atoms with Crippen molar-refractivity contribution in [1.82, 2.24) is 20.4 Å². The van der Waals surface area contributed by atoms with E-state index < -0.39 is 0 Å². The molecule has 1 saturated heterocycles. The Hall–Kier alpha value is -2.15. The van der Waals surface area contributed by atoms with Gasteiger partial charge in [0.05, 0.1) is 12.3 Å². The van der Waals surface area contributed by atoms with E-state index in [9.17, 15) is 4.79 Å². The first-order chi connectivity index (χ1) is 10.1. The number of furan rings is 1. The lowest BCUT2D eigenvalue weighted by atomic mass is 10.2. The Labute approximate surface area is 122 Å². The maximum absolute atomic E-state index is 12.3. The Morgan fingerprint density at radius 3 is 3.10 bits per heavy atom. The van der Waals surface area contributed by atoms with Crippen LogP contribution in [0.3, 0.4) is 0 Å². The van der Waals surface area contributed by atoms with Crippen LogP contribution in [0, 0.1) is 6.92 Å². The summed E-state index contributed by atoms with van der Waals surface area (Å²) in [6.07, 6.45) is 3.65. The number of hydrogen-bond donors (Lipinski definition) is 1. The van der Waals surface area contributed by atoms with Gasteiger partial charge in [0.2, 0.25) is 5.89 Å². The number of aromatic nitrogens is 2. The molecule has 1 amide bonds. The van der Waals surface area contributed by atoms with Crippen molar-refractivity contribution >= 4 is 5.91 Å². The van der Waals surface area contributed by atoms with Gasteiger partial charge in [-0.05, 0) is 32.4 Å². The first kappa shape index (κ1) is 13.8. The Morgan fingerprint density at radius 1 is 1.57 bits per heavy atom. The molecule has 0 saturated carbocycles. The number of amides is 1. The molecule has 1 N–H and O–H groups in total. The van der Waals surface area contributed by atoms with Crippen molar-refractivity contribution in [3.05, 3.63) is 35.4 Å². The molecule has 1 aliphatic rings. The van der Waals surface area contributed by atoms with Gasteiger partial charge in [-0.2, -0.15) is 4.98 Å². The van der Waals surface area contributed by atoms with Crippen LogP contribution in [-0.4, -0.2) is 34.5 Å². The number of hydrogen-bond acceptors (Lipinski definition) is 6. The van der Waals surface area contributed by atoms with Crippen molar-refractivity contribution in [2.75, 3.05) is 13.6 Å². The zero-order valence-corrected chi connectivity index (χ0v) is 12.1. The molecule has 3 heterocycles. The van der Waals surface area contributed by atoms with Crippen LogP contribution in [0.4, 0.5) is 0 Å². The van der Waals surface area contributed by atoms with Crippen LogP contribution in [0.15, 0.2) is 21.3 Å². The summed E-state index contributed by atoms with van der Waals surface area (Å²) in [5.41, 5.74) is 0.965. The predicted molar refractivity (Wildman–Crippen MR) is 73.5 cm³/mol. The monoisotopic (exact) mass is 290 g/mol. The minimum Gasteiger partial charge on any atom is -0.469 e. The maximum atomic E-state index is 12.3. The molecule has 0 aromatic carbocycles. The van der Waals surface area contributed by atoms with Gasteiger partial charge in [0.25, 0.3) is 11.7 Å². The molecular weight excluding hydrogens is 272 g/mol. The average Bonchev–Trinajstić information content (AvgIpc) is 3.18. The highest BCUT2D eigenvalue weighted by atomic mass is 16.5. The van der Waals surface area contributed by atoms with Gasteiger partial charge in [0, 0.05) is 19.2 Å². The molecule has 7 nitrogen and oxygen atoms in total. The van der Waals surface area contributed by atoms with Crippen molar-refractivity contribution in [3.63, 3.8) is 0 Å². The number of carbonyl (C=O) groups is 1. The van der Waals surface area contributed by atoms with Crippen LogP contribution in [0.5, 0.6) is 0 Å². The van der Waals surface area contributed by atoms with E-state index in [0.717, 1.165) is 30.7 Å². The summed E-state index contributed by atoms with van der Waals surface area (Å²) < 4.78 is 10.4. The van der Waals surface area contributed by atoms with E-state index in [1.54, 1.807) is 18.2 Å². The maximum Gasteiger partial charge on any atom is 0.295 e. The van der Waals surface area contributed by atoms with Crippen molar-refractivity contribution in [3.8, 4) is 0 Å². The minimum atomic E-state index is -0.261. The van der Waals surface area contributed by atoms with Gasteiger partial charge in [-0.25, -0.2) is 0 Å². The SMILES string of the molecule is Cc1occc1CN(C)C(=O)c1noc(C2CCCN2)n1. The smallest absolute Gasteiger partial charge is 0.295 e. The van der Waals surface area contributed by atoms with Crippen LogP contribution in [-0.2, 0) is 6.54 Å². The lowest BCUT2D eigenvalue weighted by Gasteiger charge is -2.14. The Morgan fingerprint density at radius 2 is 2.43 bits per heavy atom. The molecular formula is C14H18N4O3. The topological polar surface area (TPSA) is 84.4 Å². The third-order valence-corrected chi connectivity index (χ3v) is 3.71. The highest BCUT2D eigenvalue weighted by Crippen LogP contribution is 2.21. The molecule has 2 aromatic heterocycles. The molecule has 112 valence electrons. The normalized spacial score (nSPS) is 18.1. The van der Waals surface area contributed by atoms with E-state index >= 15 is 0 Å². The van der Waals surface area contributed by atoms with Gasteiger partial charge < -0.3 is 19.2 Å². The second-order valence-corrected chi connectivity index (χ2v) is 5.27. The van der Waals surface area contributed by atoms with Crippen molar-refractivity contribution in [2.24, 2.45) is 0 Å². The molecule has 0 radical (unpaired) electrons. The molecule has 0 spiro atoms. The zero-order chi connectivity index (χ0) is 14.8. The van der Waals surface area contributed by atoms with Gasteiger partial charge in [-0.1, -0.05) is 5.16 Å². The largest absolute Gasteiger partial charge is 0.469 e. The molecule has 2 aromatic rings. The first-order valence-corrected chi connectivity index (χ1v) is 7.00. The third-order valence-electron chi connectivity index (χ3n) is 3.71. The highest BCUT2D eigenvalue weighted by Gasteiger charge is 2.25. The number of carbonyl (C=O) groups excluding carboxylic acids is 1. The summed E-state index contributed by atoms with van der Waals surface area (Å²) in [6.45, 7) is 3.26. The lowest BCUT2D eigenvalue weighted by Crippen LogP contribution is -2.27. The molecule has 1 unspecified atom stereocenters. The Kier molecular flexibility index (Phi) is 3.74. The van der Waals surface area contributed by atoms with Crippen molar-refractivity contribution in [2.45, 2.75) is 32.4 Å². The summed E-state index contributed by atoms with van der Waals surface area (Å²) in [7, 11) is 1.71. The number of aryl methyl sites for hydroxylation is 1. The van der Waals surface area contributed by atoms with Gasteiger partial charge >= 0.3 is 0 Å². The third kappa shape index (κ3) is 2.82. The van der Waals surface area contributed by atoms with Gasteiger partial charge in [-0.15, -0.1) is 0 Å². The van der Waals surface area contributed by atoms with Crippen LogP contribution in [0.25, 0.3) is 0 Å². The quantitative estimate of drug-likeness (QED) is 0.922. The first-order valence-electron chi connectivity index (χ1n) is 7.00. The molecule has 1 aliphatic heterocycles. The highest BCUT2D eigenvalue weighted by molar-refractivity contribution is 5.90. The fourth-order valence-electron chi connectivity index (χ4n) is 2.43. The molecule has 0 aliphatic carbocycles. The van der Waals surface area contributed by atoms with Gasteiger partial charge in [-0.3, -0.25) is 4.79 Å². The number of rotatable bonds is 4. The molecule has 1 atom stereocenters. The molecule has 1 fully saturated rings. The van der Waals surface area contributed by atoms with Crippen LogP contribution >= 0.6 is 0 Å². The average molecular weight is 290 g/mol. The summed E-state index contributed by atoms with van der Waals surface area (Å²) in [4.78, 5) is 18.1. The Balaban J connectivity index is 1.68. The number of nitrogens with one attached hydrogen (secondary N) is 1. The molecule has 7 heteroatoms. The van der Waals surface area contributed by atoms with E-state index in [0.29, 0.717) is 12.4 Å². The zero-order valence-electron chi connectivity index (χ0n) is 12.1. The van der Waals surface area contributed by atoms with Crippen molar-refractivity contribution in [1.29, 1.82) is 0 Å². The van der Waals surface area contributed by atoms with E-state index in [1.165, 1.54) is 0 Å². The summed E-state index contributed by atoms with van der Waals surface area (Å²) >= 11 is 0.